The molecule has 4 nitrogen and oxygen atoms in total. The van der Waals surface area contributed by atoms with Gasteiger partial charge in [-0.2, -0.15) is 0 Å². The number of aromatic hydroxyl groups is 1. The van der Waals surface area contributed by atoms with Gasteiger partial charge in [0.1, 0.15) is 0 Å². The Balaban J connectivity index is 3.06. The summed E-state index contributed by atoms with van der Waals surface area (Å²) in [5.74, 6) is -1.55. The molecule has 0 aromatic heterocycles. The Kier molecular flexibility index (Phi) is 3.18. The van der Waals surface area contributed by atoms with Gasteiger partial charge >= 0.3 is 0 Å². The van der Waals surface area contributed by atoms with E-state index in [-0.39, 0.29) is 5.69 Å². The van der Waals surface area contributed by atoms with Crippen LogP contribution in [0, 0.1) is 5.82 Å². The van der Waals surface area contributed by atoms with Crippen molar-refractivity contribution >= 4 is 15.7 Å². The molecule has 84 valence electrons. The molecular weight excluding hydrogens is 221 g/mol. The van der Waals surface area contributed by atoms with Gasteiger partial charge in [0, 0.05) is 0 Å². The number of phenols is 1. The molecule has 1 rings (SSSR count). The fourth-order valence-electron chi connectivity index (χ4n) is 0.870. The van der Waals surface area contributed by atoms with E-state index in [1.54, 1.807) is 0 Å². The van der Waals surface area contributed by atoms with Gasteiger partial charge in [-0.3, -0.25) is 4.72 Å². The Morgan fingerprint density at radius 1 is 1.40 bits per heavy atom. The van der Waals surface area contributed by atoms with Gasteiger partial charge in [0.25, 0.3) is 0 Å². The molecule has 0 radical (unpaired) electrons. The first-order valence-electron chi connectivity index (χ1n) is 4.33. The fraction of sp³-hybridized carbons (Fsp3) is 0.333. The van der Waals surface area contributed by atoms with E-state index in [9.17, 15) is 12.8 Å². The van der Waals surface area contributed by atoms with E-state index in [1.165, 1.54) is 26.0 Å². The van der Waals surface area contributed by atoms with E-state index in [0.717, 1.165) is 6.07 Å². The second-order valence-corrected chi connectivity index (χ2v) is 5.57. The van der Waals surface area contributed by atoms with Crippen molar-refractivity contribution in [1.29, 1.82) is 0 Å². The average molecular weight is 233 g/mol. The molecule has 0 saturated carbocycles. The summed E-state index contributed by atoms with van der Waals surface area (Å²) < 4.78 is 38.1. The molecule has 0 spiro atoms. The lowest BCUT2D eigenvalue weighted by Crippen LogP contribution is -2.23. The van der Waals surface area contributed by atoms with Gasteiger partial charge in [0.2, 0.25) is 10.0 Å². The van der Waals surface area contributed by atoms with E-state index in [4.69, 9.17) is 5.11 Å². The van der Waals surface area contributed by atoms with Crippen LogP contribution in [0.2, 0.25) is 0 Å². The van der Waals surface area contributed by atoms with Gasteiger partial charge in [-0.15, -0.1) is 0 Å². The summed E-state index contributed by atoms with van der Waals surface area (Å²) in [4.78, 5) is 0. The Morgan fingerprint density at radius 2 is 2.00 bits per heavy atom. The van der Waals surface area contributed by atoms with Crippen molar-refractivity contribution in [3.63, 3.8) is 0 Å². The zero-order valence-electron chi connectivity index (χ0n) is 8.36. The summed E-state index contributed by atoms with van der Waals surface area (Å²) in [7, 11) is -3.59. The lowest BCUT2D eigenvalue weighted by molar-refractivity contribution is 0.434. The lowest BCUT2D eigenvalue weighted by Gasteiger charge is -2.11. The number of sulfonamides is 1. The highest BCUT2D eigenvalue weighted by molar-refractivity contribution is 7.93. The molecule has 0 bridgehead atoms. The molecule has 0 saturated heterocycles. The quantitative estimate of drug-likeness (QED) is 0.834. The number of halogens is 1. The molecule has 15 heavy (non-hydrogen) atoms. The summed E-state index contributed by atoms with van der Waals surface area (Å²) in [5, 5.41) is 8.36. The van der Waals surface area contributed by atoms with Crippen molar-refractivity contribution in [2.24, 2.45) is 0 Å². The predicted molar refractivity (Wildman–Crippen MR) is 55.7 cm³/mol. The molecule has 1 aromatic rings. The SMILES string of the molecule is CC(C)S(=O)(=O)Nc1cccc(O)c1F. The Labute approximate surface area is 87.8 Å². The average Bonchev–Trinajstić information content (AvgIpc) is 2.12. The Hall–Kier alpha value is -1.30. The van der Waals surface area contributed by atoms with Crippen LogP contribution in [0.15, 0.2) is 18.2 Å². The number of hydrogen-bond acceptors (Lipinski definition) is 3. The van der Waals surface area contributed by atoms with Crippen LogP contribution < -0.4 is 4.72 Å². The normalized spacial score (nSPS) is 11.7. The van der Waals surface area contributed by atoms with Crippen molar-refractivity contribution in [2.45, 2.75) is 19.1 Å². The summed E-state index contributed by atoms with van der Waals surface area (Å²) in [5.41, 5.74) is -0.247. The fourth-order valence-corrected chi connectivity index (χ4v) is 1.57. The second kappa shape index (κ2) is 4.06. The van der Waals surface area contributed by atoms with Gasteiger partial charge in [-0.05, 0) is 26.0 Å². The zero-order chi connectivity index (χ0) is 11.6. The highest BCUT2D eigenvalue weighted by atomic mass is 32.2. The number of benzene rings is 1. The van der Waals surface area contributed by atoms with E-state index in [1.807, 2.05) is 0 Å². The molecule has 0 amide bonds. The summed E-state index contributed by atoms with van der Waals surface area (Å²) in [6.07, 6.45) is 0. The third kappa shape index (κ3) is 2.59. The molecule has 0 atom stereocenters. The predicted octanol–water partition coefficient (Wildman–Crippen LogP) is 1.68. The van der Waals surface area contributed by atoms with E-state index in [2.05, 4.69) is 4.72 Å². The topological polar surface area (TPSA) is 66.4 Å². The van der Waals surface area contributed by atoms with Crippen LogP contribution in [-0.4, -0.2) is 18.8 Å². The maximum absolute atomic E-state index is 13.2. The first kappa shape index (κ1) is 11.8. The molecule has 6 heteroatoms. The van der Waals surface area contributed by atoms with Gasteiger partial charge < -0.3 is 5.11 Å². The third-order valence-corrected chi connectivity index (χ3v) is 3.60. The van der Waals surface area contributed by atoms with Crippen LogP contribution in [0.5, 0.6) is 5.75 Å². The highest BCUT2D eigenvalue weighted by Crippen LogP contribution is 2.24. The van der Waals surface area contributed by atoms with Gasteiger partial charge in [0.15, 0.2) is 11.6 Å². The minimum atomic E-state index is -3.59. The highest BCUT2D eigenvalue weighted by Gasteiger charge is 2.18. The number of anilines is 1. The molecular formula is C9H12FNO3S. The van der Waals surface area contributed by atoms with Gasteiger partial charge in [-0.1, -0.05) is 6.07 Å². The maximum Gasteiger partial charge on any atom is 0.235 e. The molecule has 0 unspecified atom stereocenters. The van der Waals surface area contributed by atoms with Crippen molar-refractivity contribution in [1.82, 2.24) is 0 Å². The van der Waals surface area contributed by atoms with Gasteiger partial charge in [0.05, 0.1) is 10.9 Å². The Morgan fingerprint density at radius 3 is 2.53 bits per heavy atom. The summed E-state index contributed by atoms with van der Waals surface area (Å²) in [6.45, 7) is 2.95. The lowest BCUT2D eigenvalue weighted by atomic mass is 10.3. The van der Waals surface area contributed by atoms with Crippen LogP contribution in [0.4, 0.5) is 10.1 Å². The number of hydrogen-bond donors (Lipinski definition) is 2. The van der Waals surface area contributed by atoms with Crippen molar-refractivity contribution < 1.29 is 17.9 Å². The van der Waals surface area contributed by atoms with Crippen LogP contribution in [0.1, 0.15) is 13.8 Å². The van der Waals surface area contributed by atoms with Crippen molar-refractivity contribution in [2.75, 3.05) is 4.72 Å². The standard InChI is InChI=1S/C9H12FNO3S/c1-6(2)15(13,14)11-7-4-3-5-8(12)9(7)10/h3-6,11-12H,1-2H3. The van der Waals surface area contributed by atoms with Crippen LogP contribution in [-0.2, 0) is 10.0 Å². The van der Waals surface area contributed by atoms with Crippen molar-refractivity contribution in [3.05, 3.63) is 24.0 Å². The first-order valence-corrected chi connectivity index (χ1v) is 5.88. The minimum Gasteiger partial charge on any atom is -0.505 e. The number of phenolic OH excluding ortho intramolecular Hbond substituents is 1. The number of rotatable bonds is 3. The molecule has 0 aliphatic heterocycles. The smallest absolute Gasteiger partial charge is 0.235 e. The number of nitrogens with one attached hydrogen (secondary N) is 1. The first-order chi connectivity index (χ1) is 6.84. The molecule has 2 N–H and O–H groups in total. The Bertz CT molecular complexity index is 456. The summed E-state index contributed by atoms with van der Waals surface area (Å²) in [6, 6.07) is 3.74. The minimum absolute atomic E-state index is 0.247. The van der Waals surface area contributed by atoms with Crippen molar-refractivity contribution in [3.8, 4) is 5.75 Å². The summed E-state index contributed by atoms with van der Waals surface area (Å²) >= 11 is 0. The third-order valence-electron chi connectivity index (χ3n) is 1.85. The molecule has 0 heterocycles. The monoisotopic (exact) mass is 233 g/mol. The van der Waals surface area contributed by atoms with E-state index >= 15 is 0 Å². The van der Waals surface area contributed by atoms with E-state index in [0.29, 0.717) is 0 Å². The molecule has 0 aliphatic rings. The van der Waals surface area contributed by atoms with Crippen LogP contribution >= 0.6 is 0 Å². The van der Waals surface area contributed by atoms with Crippen LogP contribution in [0.3, 0.4) is 0 Å². The van der Waals surface area contributed by atoms with Gasteiger partial charge in [-0.25, -0.2) is 12.8 Å². The van der Waals surface area contributed by atoms with Crippen LogP contribution in [0.25, 0.3) is 0 Å². The largest absolute Gasteiger partial charge is 0.505 e. The molecule has 1 aromatic carbocycles. The maximum atomic E-state index is 13.2. The second-order valence-electron chi connectivity index (χ2n) is 3.33. The molecule has 0 aliphatic carbocycles. The van der Waals surface area contributed by atoms with E-state index < -0.39 is 26.8 Å². The zero-order valence-corrected chi connectivity index (χ0v) is 9.18. The molecule has 0 fully saturated rings.